The lowest BCUT2D eigenvalue weighted by molar-refractivity contribution is -0.122. The first-order valence-electron chi connectivity index (χ1n) is 5.29. The molecule has 0 aliphatic heterocycles. The average molecular weight is 252 g/mol. The van der Waals surface area contributed by atoms with Gasteiger partial charge in [-0.1, -0.05) is 13.8 Å². The van der Waals surface area contributed by atoms with E-state index in [4.69, 9.17) is 5.73 Å². The van der Waals surface area contributed by atoms with Crippen LogP contribution >= 0.6 is 12.4 Å². The molecule has 0 bridgehead atoms. The normalized spacial score (nSPS) is 9.50. The number of nitrogens with one attached hydrogen (secondary N) is 2. The van der Waals surface area contributed by atoms with Crippen molar-refractivity contribution in [2.45, 2.75) is 26.7 Å². The van der Waals surface area contributed by atoms with Gasteiger partial charge in [-0.15, -0.1) is 12.4 Å². The smallest absolute Gasteiger partial charge is 0.221 e. The maximum atomic E-state index is 11.2. The highest BCUT2D eigenvalue weighted by Gasteiger charge is 2.05. The van der Waals surface area contributed by atoms with Gasteiger partial charge >= 0.3 is 0 Å². The van der Waals surface area contributed by atoms with E-state index in [1.807, 2.05) is 13.8 Å². The molecule has 0 heterocycles. The van der Waals surface area contributed by atoms with Crippen LogP contribution in [0.4, 0.5) is 0 Å². The van der Waals surface area contributed by atoms with E-state index in [9.17, 15) is 9.59 Å². The Bertz CT molecular complexity index is 210. The van der Waals surface area contributed by atoms with Crippen LogP contribution in [-0.4, -0.2) is 31.4 Å². The van der Waals surface area contributed by atoms with Crippen LogP contribution in [-0.2, 0) is 9.59 Å². The molecule has 0 aromatic carbocycles. The number of nitrogens with two attached hydrogens (primary N) is 1. The molecule has 0 radical (unpaired) electrons. The quantitative estimate of drug-likeness (QED) is 0.597. The second-order valence-corrected chi connectivity index (χ2v) is 3.84. The Kier molecular flexibility index (Phi) is 11.8. The molecule has 0 saturated heterocycles. The summed E-state index contributed by atoms with van der Waals surface area (Å²) in [5.74, 6) is 0.262. The molecule has 0 fully saturated rings. The lowest BCUT2D eigenvalue weighted by Gasteiger charge is -2.07. The van der Waals surface area contributed by atoms with Gasteiger partial charge in [-0.3, -0.25) is 9.59 Å². The second kappa shape index (κ2) is 10.7. The van der Waals surface area contributed by atoms with E-state index in [2.05, 4.69) is 10.6 Å². The average Bonchev–Trinajstić information content (AvgIpc) is 2.13. The van der Waals surface area contributed by atoms with Crippen LogP contribution in [0.1, 0.15) is 26.7 Å². The first-order valence-corrected chi connectivity index (χ1v) is 5.29. The Balaban J connectivity index is 0. The summed E-state index contributed by atoms with van der Waals surface area (Å²) in [6.45, 7) is 5.27. The van der Waals surface area contributed by atoms with Gasteiger partial charge < -0.3 is 16.4 Å². The van der Waals surface area contributed by atoms with E-state index in [0.717, 1.165) is 0 Å². The summed E-state index contributed by atoms with van der Waals surface area (Å²) in [7, 11) is 0. The van der Waals surface area contributed by atoms with Crippen LogP contribution < -0.4 is 16.4 Å². The first-order chi connectivity index (χ1) is 7.06. The largest absolute Gasteiger partial charge is 0.356 e. The van der Waals surface area contributed by atoms with Gasteiger partial charge in [0, 0.05) is 32.5 Å². The minimum atomic E-state index is -0.0784. The van der Waals surface area contributed by atoms with E-state index in [1.54, 1.807) is 0 Å². The molecule has 0 spiro atoms. The van der Waals surface area contributed by atoms with Crippen molar-refractivity contribution in [3.8, 4) is 0 Å². The molecule has 2 amide bonds. The summed E-state index contributed by atoms with van der Waals surface area (Å²) in [5, 5.41) is 5.32. The summed E-state index contributed by atoms with van der Waals surface area (Å²) >= 11 is 0. The third-order valence-electron chi connectivity index (χ3n) is 1.73. The summed E-state index contributed by atoms with van der Waals surface area (Å²) in [6, 6.07) is 0. The van der Waals surface area contributed by atoms with Crippen LogP contribution in [0, 0.1) is 5.92 Å². The van der Waals surface area contributed by atoms with Gasteiger partial charge in [0.25, 0.3) is 0 Å². The predicted molar refractivity (Wildman–Crippen MR) is 66.4 cm³/mol. The van der Waals surface area contributed by atoms with Crippen molar-refractivity contribution in [2.24, 2.45) is 11.7 Å². The van der Waals surface area contributed by atoms with Crippen molar-refractivity contribution in [3.63, 3.8) is 0 Å². The lowest BCUT2D eigenvalue weighted by atomic mass is 10.1. The zero-order chi connectivity index (χ0) is 11.7. The van der Waals surface area contributed by atoms with Gasteiger partial charge in [0.05, 0.1) is 0 Å². The summed E-state index contributed by atoms with van der Waals surface area (Å²) in [5.41, 5.74) is 5.22. The van der Waals surface area contributed by atoms with Gasteiger partial charge in [-0.2, -0.15) is 0 Å². The third kappa shape index (κ3) is 11.3. The van der Waals surface area contributed by atoms with Crippen molar-refractivity contribution >= 4 is 24.2 Å². The molecule has 16 heavy (non-hydrogen) atoms. The molecule has 5 nitrogen and oxygen atoms in total. The Morgan fingerprint density at radius 1 is 1.12 bits per heavy atom. The second-order valence-electron chi connectivity index (χ2n) is 3.84. The monoisotopic (exact) mass is 251 g/mol. The van der Waals surface area contributed by atoms with Crippen molar-refractivity contribution in [1.82, 2.24) is 10.6 Å². The molecule has 0 atom stereocenters. The van der Waals surface area contributed by atoms with Gasteiger partial charge in [0.2, 0.25) is 11.8 Å². The lowest BCUT2D eigenvalue weighted by Crippen LogP contribution is -2.33. The Morgan fingerprint density at radius 3 is 2.19 bits per heavy atom. The van der Waals surface area contributed by atoms with E-state index in [-0.39, 0.29) is 24.2 Å². The zero-order valence-corrected chi connectivity index (χ0v) is 10.7. The molecule has 4 N–H and O–H groups in total. The Labute approximate surface area is 103 Å². The van der Waals surface area contributed by atoms with Crippen molar-refractivity contribution in [1.29, 1.82) is 0 Å². The minimum Gasteiger partial charge on any atom is -0.356 e. The molecule has 0 rings (SSSR count). The number of hydrogen-bond acceptors (Lipinski definition) is 3. The number of halogens is 1. The van der Waals surface area contributed by atoms with Crippen LogP contribution in [0.2, 0.25) is 0 Å². The number of carbonyl (C=O) groups excluding carboxylic acids is 2. The van der Waals surface area contributed by atoms with Crippen LogP contribution in [0.3, 0.4) is 0 Å². The molecule has 96 valence electrons. The Morgan fingerprint density at radius 2 is 1.69 bits per heavy atom. The van der Waals surface area contributed by atoms with Gasteiger partial charge in [0.15, 0.2) is 0 Å². The van der Waals surface area contributed by atoms with Gasteiger partial charge in [-0.25, -0.2) is 0 Å². The summed E-state index contributed by atoms with van der Waals surface area (Å²) < 4.78 is 0. The molecule has 6 heteroatoms. The van der Waals surface area contributed by atoms with Crippen molar-refractivity contribution in [3.05, 3.63) is 0 Å². The summed E-state index contributed by atoms with van der Waals surface area (Å²) in [6.07, 6.45) is 0.814. The molecule has 0 aromatic rings. The topological polar surface area (TPSA) is 84.2 Å². The molecular formula is C10H22ClN3O2. The highest BCUT2D eigenvalue weighted by Crippen LogP contribution is 1.97. The third-order valence-corrected chi connectivity index (χ3v) is 1.73. The van der Waals surface area contributed by atoms with E-state index < -0.39 is 0 Å². The predicted octanol–water partition coefficient (Wildman–Crippen LogP) is 0.0355. The van der Waals surface area contributed by atoms with Crippen molar-refractivity contribution in [2.75, 3.05) is 19.6 Å². The zero-order valence-electron chi connectivity index (χ0n) is 9.91. The molecular weight excluding hydrogens is 230 g/mol. The van der Waals surface area contributed by atoms with E-state index >= 15 is 0 Å². The molecule has 0 saturated carbocycles. The molecule has 0 aromatic heterocycles. The van der Waals surface area contributed by atoms with E-state index in [0.29, 0.717) is 38.4 Å². The highest BCUT2D eigenvalue weighted by atomic mass is 35.5. The van der Waals surface area contributed by atoms with Crippen LogP contribution in [0.25, 0.3) is 0 Å². The first kappa shape index (κ1) is 17.6. The maximum absolute atomic E-state index is 11.2. The maximum Gasteiger partial charge on any atom is 0.221 e. The summed E-state index contributed by atoms with van der Waals surface area (Å²) in [4.78, 5) is 22.3. The fraction of sp³-hybridized carbons (Fsp3) is 0.800. The molecule has 0 aliphatic carbocycles. The Hall–Kier alpha value is -0.810. The number of hydrogen-bond donors (Lipinski definition) is 3. The highest BCUT2D eigenvalue weighted by molar-refractivity contribution is 5.85. The SMILES string of the molecule is CC(C)CC(=O)NCCC(=O)NCCN.Cl. The standard InChI is InChI=1S/C10H21N3O2.ClH/c1-8(2)7-10(15)12-5-3-9(14)13-6-4-11;/h8H,3-7,11H2,1-2H3,(H,12,15)(H,13,14);1H. The number of rotatable bonds is 7. The molecule has 0 unspecified atom stereocenters. The molecule has 0 aliphatic rings. The van der Waals surface area contributed by atoms with Gasteiger partial charge in [-0.05, 0) is 5.92 Å². The van der Waals surface area contributed by atoms with Gasteiger partial charge in [0.1, 0.15) is 0 Å². The van der Waals surface area contributed by atoms with E-state index in [1.165, 1.54) is 0 Å². The minimum absolute atomic E-state index is 0. The number of amides is 2. The fourth-order valence-corrected chi connectivity index (χ4v) is 1.06. The van der Waals surface area contributed by atoms with Crippen molar-refractivity contribution < 1.29 is 9.59 Å². The number of carbonyl (C=O) groups is 2. The van der Waals surface area contributed by atoms with Crippen LogP contribution in [0.5, 0.6) is 0 Å². The van der Waals surface area contributed by atoms with Crippen LogP contribution in [0.15, 0.2) is 0 Å². The fourth-order valence-electron chi connectivity index (χ4n) is 1.06.